The van der Waals surface area contributed by atoms with Gasteiger partial charge in [0.1, 0.15) is 0 Å². The van der Waals surface area contributed by atoms with Crippen molar-refractivity contribution in [2.45, 2.75) is 13.8 Å². The van der Waals surface area contributed by atoms with Crippen LogP contribution in [0.3, 0.4) is 0 Å². The van der Waals surface area contributed by atoms with E-state index in [4.69, 9.17) is 0 Å². The first-order chi connectivity index (χ1) is 16.1. The van der Waals surface area contributed by atoms with Crippen molar-refractivity contribution < 1.29 is 4.79 Å². The molecule has 1 aliphatic heterocycles. The molecule has 6 heteroatoms. The standard InChI is InChI=1S/C27H22N4O2/c1-18-23(26(32)30(28-18)21-14-8-4-9-15-21)25(20-12-6-3-7-13-20)24-19(2)29-31(27(24)33)22-16-10-5-11-17-22/h3-17,28H,1-2H3/b25-24+. The lowest BCUT2D eigenvalue weighted by atomic mass is 9.91. The normalized spacial score (nSPS) is 15.0. The fourth-order valence-corrected chi connectivity index (χ4v) is 4.16. The minimum atomic E-state index is -0.260. The van der Waals surface area contributed by atoms with Gasteiger partial charge in [-0.2, -0.15) is 10.1 Å². The van der Waals surface area contributed by atoms with Crippen LogP contribution in [0.1, 0.15) is 23.7 Å². The minimum absolute atomic E-state index is 0.219. The van der Waals surface area contributed by atoms with Crippen LogP contribution in [-0.4, -0.2) is 21.4 Å². The second kappa shape index (κ2) is 8.24. The van der Waals surface area contributed by atoms with Crippen LogP contribution in [0.2, 0.25) is 0 Å². The molecule has 0 aliphatic carbocycles. The fourth-order valence-electron chi connectivity index (χ4n) is 4.16. The van der Waals surface area contributed by atoms with Crippen LogP contribution in [0.4, 0.5) is 5.69 Å². The molecule has 3 aromatic carbocycles. The van der Waals surface area contributed by atoms with Gasteiger partial charge in [0.2, 0.25) is 0 Å². The number of para-hydroxylation sites is 2. The molecule has 0 unspecified atom stereocenters. The topological polar surface area (TPSA) is 70.5 Å². The molecule has 6 nitrogen and oxygen atoms in total. The van der Waals surface area contributed by atoms with E-state index in [0.717, 1.165) is 11.3 Å². The Morgan fingerprint density at radius 3 is 1.91 bits per heavy atom. The van der Waals surface area contributed by atoms with Gasteiger partial charge in [-0.15, -0.1) is 0 Å². The van der Waals surface area contributed by atoms with Gasteiger partial charge in [0.25, 0.3) is 11.5 Å². The van der Waals surface area contributed by atoms with Crippen LogP contribution < -0.4 is 10.6 Å². The third-order valence-electron chi connectivity index (χ3n) is 5.67. The number of amides is 1. The number of hydrogen-bond acceptors (Lipinski definition) is 3. The molecular weight excluding hydrogens is 412 g/mol. The van der Waals surface area contributed by atoms with Crippen molar-refractivity contribution >= 4 is 22.9 Å². The number of benzene rings is 3. The van der Waals surface area contributed by atoms with Crippen molar-refractivity contribution in [3.63, 3.8) is 0 Å². The summed E-state index contributed by atoms with van der Waals surface area (Å²) in [5.41, 5.74) is 4.66. The van der Waals surface area contributed by atoms with Crippen molar-refractivity contribution in [3.8, 4) is 5.69 Å². The molecule has 5 rings (SSSR count). The molecule has 1 aromatic heterocycles. The Hall–Kier alpha value is -4.45. The summed E-state index contributed by atoms with van der Waals surface area (Å²) in [4.78, 5) is 27.3. The molecule has 1 amide bonds. The number of H-pyrrole nitrogens is 1. The Morgan fingerprint density at radius 1 is 0.758 bits per heavy atom. The molecule has 4 aromatic rings. The van der Waals surface area contributed by atoms with E-state index < -0.39 is 0 Å². The number of carbonyl (C=O) groups excluding carboxylic acids is 1. The Kier molecular flexibility index (Phi) is 5.11. The number of aromatic nitrogens is 2. The Morgan fingerprint density at radius 2 is 1.30 bits per heavy atom. The number of hydrogen-bond donors (Lipinski definition) is 1. The number of anilines is 1. The average Bonchev–Trinajstić information content (AvgIpc) is 3.31. The number of carbonyl (C=O) groups is 1. The maximum atomic E-state index is 13.7. The van der Waals surface area contributed by atoms with E-state index in [1.54, 1.807) is 6.92 Å². The van der Waals surface area contributed by atoms with Crippen LogP contribution >= 0.6 is 0 Å². The van der Waals surface area contributed by atoms with Gasteiger partial charge in [0, 0.05) is 11.3 Å². The molecule has 0 spiro atoms. The summed E-state index contributed by atoms with van der Waals surface area (Å²) in [6, 6.07) is 28.2. The monoisotopic (exact) mass is 434 g/mol. The zero-order valence-corrected chi connectivity index (χ0v) is 18.3. The van der Waals surface area contributed by atoms with Gasteiger partial charge in [0.15, 0.2) is 0 Å². The Balaban J connectivity index is 1.76. The van der Waals surface area contributed by atoms with E-state index in [2.05, 4.69) is 10.2 Å². The molecule has 33 heavy (non-hydrogen) atoms. The summed E-state index contributed by atoms with van der Waals surface area (Å²) in [7, 11) is 0. The fraction of sp³-hybridized carbons (Fsp3) is 0.0741. The molecule has 2 heterocycles. The average molecular weight is 434 g/mol. The largest absolute Gasteiger partial charge is 0.295 e. The van der Waals surface area contributed by atoms with Crippen molar-refractivity contribution in [3.05, 3.63) is 124 Å². The summed E-state index contributed by atoms with van der Waals surface area (Å²) >= 11 is 0. The predicted molar refractivity (Wildman–Crippen MR) is 131 cm³/mol. The lowest BCUT2D eigenvalue weighted by Gasteiger charge is -2.14. The van der Waals surface area contributed by atoms with E-state index >= 15 is 0 Å². The predicted octanol–water partition coefficient (Wildman–Crippen LogP) is 4.70. The van der Waals surface area contributed by atoms with Gasteiger partial charge in [-0.3, -0.25) is 14.7 Å². The van der Waals surface area contributed by atoms with Crippen LogP contribution in [-0.2, 0) is 4.79 Å². The van der Waals surface area contributed by atoms with E-state index in [0.29, 0.717) is 33.8 Å². The van der Waals surface area contributed by atoms with Gasteiger partial charge in [-0.25, -0.2) is 4.68 Å². The van der Waals surface area contributed by atoms with E-state index in [9.17, 15) is 9.59 Å². The molecule has 0 fully saturated rings. The third kappa shape index (κ3) is 3.51. The number of hydrazone groups is 1. The third-order valence-corrected chi connectivity index (χ3v) is 5.67. The molecule has 0 saturated heterocycles. The van der Waals surface area contributed by atoms with E-state index in [1.807, 2.05) is 97.9 Å². The number of nitrogens with one attached hydrogen (secondary N) is 1. The zero-order valence-electron chi connectivity index (χ0n) is 18.3. The molecule has 1 N–H and O–H groups in total. The first-order valence-corrected chi connectivity index (χ1v) is 10.7. The summed E-state index contributed by atoms with van der Waals surface area (Å²) in [5, 5.41) is 9.12. The SMILES string of the molecule is CC1=NN(c2ccccc2)C(=O)/C1=C(\c1ccccc1)c1c(C)[nH]n(-c2ccccc2)c1=O. The lowest BCUT2D eigenvalue weighted by Crippen LogP contribution is -2.24. The smallest absolute Gasteiger partial charge is 0.281 e. The van der Waals surface area contributed by atoms with Gasteiger partial charge >= 0.3 is 0 Å². The molecule has 0 bridgehead atoms. The van der Waals surface area contributed by atoms with Crippen molar-refractivity contribution in [2.75, 3.05) is 5.01 Å². The van der Waals surface area contributed by atoms with Gasteiger partial charge in [0.05, 0.1) is 28.2 Å². The Labute approximate surface area is 191 Å². The molecule has 0 saturated carbocycles. The molecular formula is C27H22N4O2. The summed E-state index contributed by atoms with van der Waals surface area (Å²) in [5.74, 6) is -0.260. The first kappa shape index (κ1) is 20.5. The molecule has 0 atom stereocenters. The molecule has 1 aliphatic rings. The highest BCUT2D eigenvalue weighted by Gasteiger charge is 2.34. The zero-order chi connectivity index (χ0) is 22.9. The maximum absolute atomic E-state index is 13.7. The van der Waals surface area contributed by atoms with Crippen molar-refractivity contribution in [2.24, 2.45) is 5.10 Å². The second-order valence-corrected chi connectivity index (χ2v) is 7.84. The highest BCUT2D eigenvalue weighted by molar-refractivity contribution is 6.34. The number of nitrogens with zero attached hydrogens (tertiary/aromatic N) is 3. The van der Waals surface area contributed by atoms with Crippen LogP contribution in [0.5, 0.6) is 0 Å². The van der Waals surface area contributed by atoms with Crippen molar-refractivity contribution in [1.82, 2.24) is 9.78 Å². The van der Waals surface area contributed by atoms with Crippen LogP contribution in [0.25, 0.3) is 11.3 Å². The Bertz CT molecular complexity index is 1450. The lowest BCUT2D eigenvalue weighted by molar-refractivity contribution is -0.114. The highest BCUT2D eigenvalue weighted by atomic mass is 16.2. The maximum Gasteiger partial charge on any atom is 0.281 e. The summed E-state index contributed by atoms with van der Waals surface area (Å²) in [6.07, 6.45) is 0. The van der Waals surface area contributed by atoms with Gasteiger partial charge in [-0.1, -0.05) is 66.7 Å². The van der Waals surface area contributed by atoms with Crippen LogP contribution in [0.15, 0.2) is 106 Å². The minimum Gasteiger partial charge on any atom is -0.295 e. The number of aromatic amines is 1. The number of rotatable bonds is 4. The number of aryl methyl sites for hydroxylation is 1. The summed E-state index contributed by atoms with van der Waals surface area (Å²) in [6.45, 7) is 3.65. The van der Waals surface area contributed by atoms with Crippen molar-refractivity contribution in [1.29, 1.82) is 0 Å². The van der Waals surface area contributed by atoms with E-state index in [-0.39, 0.29) is 11.5 Å². The molecule has 162 valence electrons. The highest BCUT2D eigenvalue weighted by Crippen LogP contribution is 2.33. The van der Waals surface area contributed by atoms with Gasteiger partial charge < -0.3 is 0 Å². The molecule has 0 radical (unpaired) electrons. The first-order valence-electron chi connectivity index (χ1n) is 10.7. The van der Waals surface area contributed by atoms with E-state index in [1.165, 1.54) is 9.69 Å². The quantitative estimate of drug-likeness (QED) is 0.473. The second-order valence-electron chi connectivity index (χ2n) is 7.84. The summed E-state index contributed by atoms with van der Waals surface area (Å²) < 4.78 is 1.51. The van der Waals surface area contributed by atoms with Crippen LogP contribution in [0, 0.1) is 6.92 Å². The van der Waals surface area contributed by atoms with Gasteiger partial charge in [-0.05, 0) is 43.7 Å².